The zero-order valence-corrected chi connectivity index (χ0v) is 41.1. The van der Waals surface area contributed by atoms with Gasteiger partial charge in [0.1, 0.15) is 23.0 Å². The Bertz CT molecular complexity index is 2300. The number of aryl methyl sites for hydroxylation is 4. The van der Waals surface area contributed by atoms with Crippen molar-refractivity contribution in [2.75, 3.05) is 0 Å². The number of rotatable bonds is 14. The highest BCUT2D eigenvalue weighted by Crippen LogP contribution is 2.51. The quantitative estimate of drug-likeness (QED) is 0.0416. The molecule has 0 amide bonds. The first-order valence-corrected chi connectivity index (χ1v) is 23.9. The van der Waals surface area contributed by atoms with Gasteiger partial charge in [0, 0.05) is 52.3 Å². The van der Waals surface area contributed by atoms with Crippen molar-refractivity contribution in [3.05, 3.63) is 135 Å². The minimum atomic E-state index is -1.39. The molecule has 0 bridgehead atoms. The third-order valence-electron chi connectivity index (χ3n) is 12.7. The number of pyridine rings is 2. The van der Waals surface area contributed by atoms with Crippen LogP contribution in [0.1, 0.15) is 159 Å². The van der Waals surface area contributed by atoms with Crippen LogP contribution < -0.4 is 5.46 Å². The molecular formula is C55H76BBrN2O6. The van der Waals surface area contributed by atoms with Crippen LogP contribution in [0.15, 0.2) is 101 Å². The summed E-state index contributed by atoms with van der Waals surface area (Å²) >= 11 is 3.55. The minimum Gasteiger partial charge on any atom is -0.507 e. The number of halogens is 1. The van der Waals surface area contributed by atoms with Crippen molar-refractivity contribution < 1.29 is 30.5 Å². The van der Waals surface area contributed by atoms with Crippen molar-refractivity contribution >= 4 is 28.5 Å². The Kier molecular flexibility index (Phi) is 21.8. The van der Waals surface area contributed by atoms with Crippen molar-refractivity contribution in [1.82, 2.24) is 9.97 Å². The van der Waals surface area contributed by atoms with E-state index in [9.17, 15) is 20.4 Å². The van der Waals surface area contributed by atoms with E-state index in [4.69, 9.17) is 10.0 Å². The van der Waals surface area contributed by atoms with Gasteiger partial charge >= 0.3 is 7.12 Å². The van der Waals surface area contributed by atoms with E-state index in [0.29, 0.717) is 16.6 Å². The van der Waals surface area contributed by atoms with Gasteiger partial charge in [-0.1, -0.05) is 94.6 Å². The van der Waals surface area contributed by atoms with Gasteiger partial charge in [0.25, 0.3) is 0 Å². The van der Waals surface area contributed by atoms with E-state index in [2.05, 4.69) is 78.9 Å². The molecule has 0 spiro atoms. The van der Waals surface area contributed by atoms with Crippen LogP contribution in [-0.2, 0) is 12.8 Å². The van der Waals surface area contributed by atoms with Crippen LogP contribution in [0.4, 0.5) is 0 Å². The summed E-state index contributed by atoms with van der Waals surface area (Å²) in [7, 11) is -1.39. The van der Waals surface area contributed by atoms with E-state index in [1.807, 2.05) is 45.0 Å². The first kappa shape index (κ1) is 54.7. The topological polar surface area (TPSA) is 147 Å². The van der Waals surface area contributed by atoms with Crippen LogP contribution in [0.2, 0.25) is 0 Å². The molecule has 10 heteroatoms. The van der Waals surface area contributed by atoms with E-state index in [1.165, 1.54) is 11.1 Å². The molecule has 2 aromatic carbocycles. The summed E-state index contributed by atoms with van der Waals surface area (Å²) in [6.07, 6.45) is 20.1. The second-order valence-electron chi connectivity index (χ2n) is 18.1. The Morgan fingerprint density at radius 3 is 1.58 bits per heavy atom. The van der Waals surface area contributed by atoms with Crippen LogP contribution in [0.25, 0.3) is 11.1 Å². The number of hydrogen-bond donors (Lipinski definition) is 6. The second kappa shape index (κ2) is 25.9. The molecule has 0 aliphatic heterocycles. The van der Waals surface area contributed by atoms with E-state index in [-0.39, 0.29) is 54.1 Å². The summed E-state index contributed by atoms with van der Waals surface area (Å²) < 4.78 is 0.725. The van der Waals surface area contributed by atoms with Crippen LogP contribution in [0.5, 0.6) is 23.0 Å². The summed E-state index contributed by atoms with van der Waals surface area (Å²) in [4.78, 5) is 8.22. The van der Waals surface area contributed by atoms with Gasteiger partial charge < -0.3 is 30.5 Å². The molecule has 2 aromatic heterocycles. The van der Waals surface area contributed by atoms with Gasteiger partial charge in [-0.2, -0.15) is 0 Å². The SMILES string of the molecule is C.C=C(C)[C@@H]1CCC(C)=C[C@H]1c1c(O)cc(CCCCC)c(-c2ccnc(C)c2)c1O.C=C(C)[C@@H]1CCC(C)=C[C@H]1c1c(O)cc(CCCCC)c(Br)c1O.Cc1cc(B(O)O)ccn1. The number of benzene rings is 2. The first-order valence-electron chi connectivity index (χ1n) is 23.1. The molecule has 6 N–H and O–H groups in total. The fourth-order valence-corrected chi connectivity index (χ4v) is 9.68. The molecule has 4 aromatic rings. The predicted octanol–water partition coefficient (Wildman–Crippen LogP) is 13.5. The monoisotopic (exact) mass is 950 g/mol. The predicted molar refractivity (Wildman–Crippen MR) is 275 cm³/mol. The molecule has 0 saturated heterocycles. The van der Waals surface area contributed by atoms with Gasteiger partial charge in [-0.3, -0.25) is 9.97 Å². The third kappa shape index (κ3) is 14.7. The highest BCUT2D eigenvalue weighted by atomic mass is 79.9. The Hall–Kier alpha value is -4.64. The van der Waals surface area contributed by atoms with Gasteiger partial charge in [0.15, 0.2) is 0 Å². The summed E-state index contributed by atoms with van der Waals surface area (Å²) in [5.41, 5.74) is 12.0. The lowest BCUT2D eigenvalue weighted by Crippen LogP contribution is -2.29. The van der Waals surface area contributed by atoms with E-state index >= 15 is 0 Å². The van der Waals surface area contributed by atoms with Crippen molar-refractivity contribution in [1.29, 1.82) is 0 Å². The fraction of sp³-hybridized carbons (Fsp3) is 0.455. The number of nitrogens with zero attached hydrogens (tertiary/aromatic N) is 2. The number of unbranched alkanes of at least 4 members (excludes halogenated alkanes) is 4. The molecule has 0 radical (unpaired) electrons. The van der Waals surface area contributed by atoms with Gasteiger partial charge in [0.2, 0.25) is 0 Å². The average molecular weight is 952 g/mol. The van der Waals surface area contributed by atoms with Crippen LogP contribution in [-0.4, -0.2) is 47.6 Å². The third-order valence-corrected chi connectivity index (χ3v) is 13.5. The molecule has 6 rings (SSSR count). The standard InChI is InChI=1S/C27H35NO2.C21H29BrO2.C6H8BNO2.CH4/c1-6-7-8-9-20-16-24(29)26(23-14-18(4)10-11-22(23)17(2)3)27(30)25(20)21-12-13-28-19(5)15-21;1-5-6-7-8-15-12-18(23)19(21(24)20(15)22)17-11-14(4)9-10-16(17)13(2)3;1-5-4-6(7(9)10)2-3-8-5;/h12-16,22-23,29-30H,2,6-11H2,1,3-5H3;11-12,16-17,23-24H,2,5-10H2,1,3-4H3;2-4,9-10H,1H3;1H4/t22-,23+;16-,17+;;/m00../s1. The van der Waals surface area contributed by atoms with Gasteiger partial charge in [-0.15, -0.1) is 0 Å². The van der Waals surface area contributed by atoms with Gasteiger partial charge in [-0.05, 0) is 179 Å². The maximum atomic E-state index is 11.6. The fourth-order valence-electron chi connectivity index (χ4n) is 9.15. The lowest BCUT2D eigenvalue weighted by atomic mass is 9.73. The molecule has 0 fully saturated rings. The van der Waals surface area contributed by atoms with Crippen molar-refractivity contribution in [3.63, 3.8) is 0 Å². The molecule has 2 heterocycles. The maximum Gasteiger partial charge on any atom is 0.488 e. The van der Waals surface area contributed by atoms with Crippen molar-refractivity contribution in [3.8, 4) is 34.1 Å². The van der Waals surface area contributed by atoms with Crippen LogP contribution >= 0.6 is 15.9 Å². The molecule has 0 unspecified atom stereocenters. The first-order chi connectivity index (χ1) is 30.4. The smallest absolute Gasteiger partial charge is 0.488 e. The van der Waals surface area contributed by atoms with E-state index < -0.39 is 7.12 Å². The number of phenolic OH excluding ortho intramolecular Hbond substituents is 4. The molecule has 8 nitrogen and oxygen atoms in total. The van der Waals surface area contributed by atoms with Crippen molar-refractivity contribution in [2.45, 2.75) is 152 Å². The zero-order valence-electron chi connectivity index (χ0n) is 39.5. The minimum absolute atomic E-state index is 0. The van der Waals surface area contributed by atoms with Crippen LogP contribution in [0.3, 0.4) is 0 Å². The molecule has 0 saturated carbocycles. The number of hydrogen-bond acceptors (Lipinski definition) is 8. The Balaban J connectivity index is 0.000000286. The molecule has 352 valence electrons. The lowest BCUT2D eigenvalue weighted by molar-refractivity contribution is 0.404. The summed E-state index contributed by atoms with van der Waals surface area (Å²) in [5.74, 6) is 1.16. The number of aromatic nitrogens is 2. The summed E-state index contributed by atoms with van der Waals surface area (Å²) in [5, 5.41) is 61.4. The maximum absolute atomic E-state index is 11.6. The number of allylic oxidation sites excluding steroid dienone is 6. The summed E-state index contributed by atoms with van der Waals surface area (Å²) in [6, 6.07) is 10.9. The van der Waals surface area contributed by atoms with E-state index in [1.54, 1.807) is 31.5 Å². The molecular weight excluding hydrogens is 875 g/mol. The van der Waals surface area contributed by atoms with Gasteiger partial charge in [-0.25, -0.2) is 0 Å². The van der Waals surface area contributed by atoms with Gasteiger partial charge in [0.05, 0.1) is 4.47 Å². The number of aromatic hydroxyl groups is 4. The molecule has 2 aliphatic rings. The molecule has 4 atom stereocenters. The Morgan fingerprint density at radius 2 is 1.14 bits per heavy atom. The molecule has 65 heavy (non-hydrogen) atoms. The highest BCUT2D eigenvalue weighted by molar-refractivity contribution is 9.10. The Labute approximate surface area is 399 Å². The van der Waals surface area contributed by atoms with Crippen molar-refractivity contribution in [2.24, 2.45) is 11.8 Å². The normalized spacial score (nSPS) is 17.8. The molecule has 2 aliphatic carbocycles. The largest absolute Gasteiger partial charge is 0.507 e. The zero-order chi connectivity index (χ0) is 47.2. The summed E-state index contributed by atoms with van der Waals surface area (Å²) in [6.45, 7) is 24.8. The number of phenols is 4. The average Bonchev–Trinajstić information content (AvgIpc) is 3.23. The highest BCUT2D eigenvalue weighted by Gasteiger charge is 2.33. The van der Waals surface area contributed by atoms with Crippen LogP contribution in [0, 0.1) is 25.7 Å². The van der Waals surface area contributed by atoms with E-state index in [0.717, 1.165) is 126 Å². The Morgan fingerprint density at radius 1 is 0.677 bits per heavy atom. The second-order valence-corrected chi connectivity index (χ2v) is 18.9. The lowest BCUT2D eigenvalue weighted by Gasteiger charge is -2.32.